The Morgan fingerprint density at radius 3 is 2.67 bits per heavy atom. The summed E-state index contributed by atoms with van der Waals surface area (Å²) in [6.45, 7) is 3.99. The summed E-state index contributed by atoms with van der Waals surface area (Å²) in [6, 6.07) is 0. The van der Waals surface area contributed by atoms with Gasteiger partial charge in [-0.2, -0.15) is 0 Å². The van der Waals surface area contributed by atoms with Gasteiger partial charge < -0.3 is 0 Å². The highest BCUT2D eigenvalue weighted by Crippen LogP contribution is 2.46. The van der Waals surface area contributed by atoms with Gasteiger partial charge in [0.05, 0.1) is 0 Å². The van der Waals surface area contributed by atoms with Crippen LogP contribution >= 0.6 is 0 Å². The highest BCUT2D eigenvalue weighted by atomic mass is 16.1. The fourth-order valence-corrected chi connectivity index (χ4v) is 3.77. The van der Waals surface area contributed by atoms with Crippen LogP contribution in [-0.2, 0) is 9.59 Å². The third kappa shape index (κ3) is 1.55. The molecule has 0 bridgehead atoms. The molecule has 0 radical (unpaired) electrons. The van der Waals surface area contributed by atoms with Crippen molar-refractivity contribution >= 4 is 11.6 Å². The first-order chi connectivity index (χ1) is 8.59. The van der Waals surface area contributed by atoms with Crippen molar-refractivity contribution in [2.24, 2.45) is 23.7 Å². The average molecular weight is 242 g/mol. The Morgan fingerprint density at radius 1 is 1.11 bits per heavy atom. The van der Waals surface area contributed by atoms with Crippen molar-refractivity contribution in [1.29, 1.82) is 0 Å². The lowest BCUT2D eigenvalue weighted by molar-refractivity contribution is -0.132. The van der Waals surface area contributed by atoms with Crippen molar-refractivity contribution < 1.29 is 9.59 Å². The zero-order chi connectivity index (χ0) is 12.9. The number of hydrogen-bond acceptors (Lipinski definition) is 2. The van der Waals surface area contributed by atoms with E-state index in [1.54, 1.807) is 6.08 Å². The minimum atomic E-state index is -0.111. The van der Waals surface area contributed by atoms with E-state index in [2.05, 4.69) is 13.0 Å². The van der Waals surface area contributed by atoms with Crippen LogP contribution < -0.4 is 0 Å². The Bertz CT molecular complexity index is 507. The SMILES string of the molecule is CC1=CC[C@H]2C(C)=C[C@@H]3CC=CC(=O)[C@H]3[C@@H]2C1=O. The molecule has 2 nitrogen and oxygen atoms in total. The van der Waals surface area contributed by atoms with Crippen molar-refractivity contribution in [3.63, 3.8) is 0 Å². The molecule has 0 N–H and O–H groups in total. The van der Waals surface area contributed by atoms with E-state index in [4.69, 9.17) is 0 Å². The van der Waals surface area contributed by atoms with Gasteiger partial charge in [-0.15, -0.1) is 0 Å². The molecule has 0 unspecified atom stereocenters. The fraction of sp³-hybridized carbons (Fsp3) is 0.500. The highest BCUT2D eigenvalue weighted by Gasteiger charge is 2.47. The molecular formula is C16H18O2. The van der Waals surface area contributed by atoms with Gasteiger partial charge in [0.2, 0.25) is 0 Å². The maximum absolute atomic E-state index is 12.4. The largest absolute Gasteiger partial charge is 0.295 e. The van der Waals surface area contributed by atoms with Gasteiger partial charge in [-0.05, 0) is 50.2 Å². The van der Waals surface area contributed by atoms with E-state index in [9.17, 15) is 9.59 Å². The molecule has 18 heavy (non-hydrogen) atoms. The van der Waals surface area contributed by atoms with Crippen LogP contribution in [0.25, 0.3) is 0 Å². The minimum absolute atomic E-state index is 0.109. The van der Waals surface area contributed by atoms with Crippen molar-refractivity contribution in [1.82, 2.24) is 0 Å². The summed E-state index contributed by atoms with van der Waals surface area (Å²) < 4.78 is 0. The van der Waals surface area contributed by atoms with Gasteiger partial charge >= 0.3 is 0 Å². The first kappa shape index (κ1) is 11.6. The molecule has 0 aliphatic heterocycles. The molecule has 0 saturated heterocycles. The Balaban J connectivity index is 2.08. The number of carbonyl (C=O) groups is 2. The number of ketones is 2. The van der Waals surface area contributed by atoms with Crippen LogP contribution in [0.5, 0.6) is 0 Å². The first-order valence-electron chi connectivity index (χ1n) is 6.69. The van der Waals surface area contributed by atoms with Crippen molar-refractivity contribution in [3.8, 4) is 0 Å². The Kier molecular flexibility index (Phi) is 2.61. The van der Waals surface area contributed by atoms with Crippen LogP contribution in [0.2, 0.25) is 0 Å². The maximum atomic E-state index is 12.4. The van der Waals surface area contributed by atoms with Gasteiger partial charge in [-0.3, -0.25) is 9.59 Å². The number of rotatable bonds is 0. The van der Waals surface area contributed by atoms with Gasteiger partial charge in [0.1, 0.15) is 0 Å². The smallest absolute Gasteiger partial charge is 0.162 e. The molecule has 0 aromatic rings. The molecule has 3 aliphatic carbocycles. The third-order valence-corrected chi connectivity index (χ3v) is 4.73. The molecule has 0 amide bonds. The number of Topliss-reactive ketones (excluding diaryl/α,β-unsaturated/α-hetero) is 1. The van der Waals surface area contributed by atoms with E-state index in [0.29, 0.717) is 0 Å². The number of hydrogen-bond donors (Lipinski definition) is 0. The molecule has 0 spiro atoms. The lowest BCUT2D eigenvalue weighted by atomic mass is 9.59. The van der Waals surface area contributed by atoms with Gasteiger partial charge in [-0.1, -0.05) is 23.8 Å². The average Bonchev–Trinajstić information content (AvgIpc) is 2.34. The van der Waals surface area contributed by atoms with Crippen LogP contribution in [0.1, 0.15) is 26.7 Å². The number of fused-ring (bicyclic) bond motifs is 3. The van der Waals surface area contributed by atoms with Gasteiger partial charge in [0.15, 0.2) is 11.6 Å². The third-order valence-electron chi connectivity index (χ3n) is 4.73. The predicted molar refractivity (Wildman–Crippen MR) is 69.9 cm³/mol. The summed E-state index contributed by atoms with van der Waals surface area (Å²) >= 11 is 0. The van der Waals surface area contributed by atoms with Crippen molar-refractivity contribution in [2.45, 2.75) is 26.7 Å². The van der Waals surface area contributed by atoms with E-state index in [-0.39, 0.29) is 35.2 Å². The minimum Gasteiger partial charge on any atom is -0.295 e. The Labute approximate surface area is 107 Å². The zero-order valence-corrected chi connectivity index (χ0v) is 10.8. The molecule has 0 saturated carbocycles. The number of allylic oxidation sites excluding steroid dienone is 6. The van der Waals surface area contributed by atoms with Crippen LogP contribution in [0.4, 0.5) is 0 Å². The summed E-state index contributed by atoms with van der Waals surface area (Å²) in [7, 11) is 0. The topological polar surface area (TPSA) is 34.1 Å². The fourth-order valence-electron chi connectivity index (χ4n) is 3.77. The van der Waals surface area contributed by atoms with Crippen molar-refractivity contribution in [3.05, 3.63) is 35.5 Å². The molecule has 0 aromatic carbocycles. The second-order valence-electron chi connectivity index (χ2n) is 5.76. The van der Waals surface area contributed by atoms with E-state index in [0.717, 1.165) is 18.4 Å². The second-order valence-corrected chi connectivity index (χ2v) is 5.76. The predicted octanol–water partition coefficient (Wildman–Crippen LogP) is 2.86. The molecule has 4 atom stereocenters. The van der Waals surface area contributed by atoms with E-state index < -0.39 is 0 Å². The lowest BCUT2D eigenvalue weighted by Crippen LogP contribution is -2.45. The van der Waals surface area contributed by atoms with Crippen LogP contribution in [0, 0.1) is 23.7 Å². The normalized spacial score (nSPS) is 38.8. The maximum Gasteiger partial charge on any atom is 0.162 e. The highest BCUT2D eigenvalue weighted by molar-refractivity contribution is 6.03. The molecular weight excluding hydrogens is 224 g/mol. The molecule has 0 heterocycles. The summed E-state index contributed by atoms with van der Waals surface area (Å²) in [6.07, 6.45) is 9.69. The Morgan fingerprint density at radius 2 is 1.89 bits per heavy atom. The summed E-state index contributed by atoms with van der Waals surface area (Å²) in [5, 5.41) is 0. The number of carbonyl (C=O) groups excluding carboxylic acids is 2. The van der Waals surface area contributed by atoms with Gasteiger partial charge in [-0.25, -0.2) is 0 Å². The molecule has 2 heteroatoms. The quantitative estimate of drug-likeness (QED) is 0.612. The second kappa shape index (κ2) is 4.04. The molecule has 0 fully saturated rings. The van der Waals surface area contributed by atoms with Gasteiger partial charge in [0.25, 0.3) is 0 Å². The van der Waals surface area contributed by atoms with Crippen LogP contribution in [0.15, 0.2) is 35.5 Å². The monoisotopic (exact) mass is 242 g/mol. The standard InChI is InChI=1S/C16H18O2/c1-9-6-7-12-10(2)8-11-4-3-5-13(17)14(11)15(12)16(9)18/h3,5-6,8,11-12,14-15H,4,7H2,1-2H3/t11-,12-,14-,15+/m0/s1. The van der Waals surface area contributed by atoms with E-state index >= 15 is 0 Å². The summed E-state index contributed by atoms with van der Waals surface area (Å²) in [5.41, 5.74) is 2.13. The zero-order valence-electron chi connectivity index (χ0n) is 10.8. The first-order valence-corrected chi connectivity index (χ1v) is 6.69. The Hall–Kier alpha value is -1.44. The lowest BCUT2D eigenvalue weighted by Gasteiger charge is -2.42. The molecule has 3 aliphatic rings. The van der Waals surface area contributed by atoms with E-state index in [1.165, 1.54) is 5.57 Å². The van der Waals surface area contributed by atoms with Crippen molar-refractivity contribution in [2.75, 3.05) is 0 Å². The molecule has 0 aromatic heterocycles. The van der Waals surface area contributed by atoms with Crippen LogP contribution in [-0.4, -0.2) is 11.6 Å². The molecule has 3 rings (SSSR count). The molecule has 94 valence electrons. The summed E-state index contributed by atoms with van der Waals surface area (Å²) in [4.78, 5) is 24.6. The van der Waals surface area contributed by atoms with E-state index in [1.807, 2.05) is 19.1 Å². The summed E-state index contributed by atoms with van der Waals surface area (Å²) in [5.74, 6) is 0.601. The van der Waals surface area contributed by atoms with Gasteiger partial charge in [0, 0.05) is 11.8 Å². The van der Waals surface area contributed by atoms with Crippen LogP contribution in [0.3, 0.4) is 0 Å².